The van der Waals surface area contributed by atoms with Gasteiger partial charge in [0.1, 0.15) is 5.66 Å². The second-order valence-corrected chi connectivity index (χ2v) is 5.45. The van der Waals surface area contributed by atoms with Crippen LogP contribution in [-0.2, 0) is 0 Å². The van der Waals surface area contributed by atoms with E-state index in [1.54, 1.807) is 0 Å². The molecule has 1 saturated heterocycles. The summed E-state index contributed by atoms with van der Waals surface area (Å²) >= 11 is 5.37. The van der Waals surface area contributed by atoms with E-state index in [2.05, 4.69) is 43.4 Å². The SMILES string of the molecule is CCC[C@]1(CC)NC(=S)N(CCC(C)C)N1. The van der Waals surface area contributed by atoms with Crippen LogP contribution in [0.2, 0.25) is 0 Å². The molecule has 0 aromatic rings. The molecule has 1 rings (SSSR count). The molecule has 0 spiro atoms. The Kier molecular flexibility index (Phi) is 4.99. The molecule has 4 heteroatoms. The van der Waals surface area contributed by atoms with E-state index >= 15 is 0 Å². The highest BCUT2D eigenvalue weighted by Crippen LogP contribution is 2.20. The van der Waals surface area contributed by atoms with E-state index in [1.165, 1.54) is 6.42 Å². The largest absolute Gasteiger partial charge is 0.342 e. The van der Waals surface area contributed by atoms with Crippen molar-refractivity contribution in [3.05, 3.63) is 0 Å². The zero-order valence-corrected chi connectivity index (χ0v) is 11.8. The summed E-state index contributed by atoms with van der Waals surface area (Å²) in [5.41, 5.74) is 3.54. The lowest BCUT2D eigenvalue weighted by Crippen LogP contribution is -2.50. The summed E-state index contributed by atoms with van der Waals surface area (Å²) in [5.74, 6) is 0.715. The quantitative estimate of drug-likeness (QED) is 0.701. The van der Waals surface area contributed by atoms with Crippen molar-refractivity contribution in [2.45, 2.75) is 59.0 Å². The minimum Gasteiger partial charge on any atom is -0.342 e. The summed E-state index contributed by atoms with van der Waals surface area (Å²) < 4.78 is 0. The van der Waals surface area contributed by atoms with Crippen LogP contribution in [0.3, 0.4) is 0 Å². The molecule has 0 radical (unpaired) electrons. The normalized spacial score (nSPS) is 25.3. The minimum absolute atomic E-state index is 0.00279. The molecule has 1 heterocycles. The molecule has 1 aliphatic rings. The first-order chi connectivity index (χ1) is 7.53. The molecular formula is C12H25N3S. The van der Waals surface area contributed by atoms with Crippen molar-refractivity contribution in [3.8, 4) is 0 Å². The predicted molar refractivity (Wildman–Crippen MR) is 73.0 cm³/mol. The van der Waals surface area contributed by atoms with Gasteiger partial charge in [-0.15, -0.1) is 0 Å². The molecule has 0 bridgehead atoms. The summed E-state index contributed by atoms with van der Waals surface area (Å²) in [5, 5.41) is 6.40. The third-order valence-corrected chi connectivity index (χ3v) is 3.47. The van der Waals surface area contributed by atoms with Gasteiger partial charge in [0.05, 0.1) is 0 Å². The Morgan fingerprint density at radius 2 is 2.06 bits per heavy atom. The van der Waals surface area contributed by atoms with Crippen LogP contribution in [0.5, 0.6) is 0 Å². The van der Waals surface area contributed by atoms with Gasteiger partial charge in [0.2, 0.25) is 0 Å². The Bertz CT molecular complexity index is 242. The molecule has 1 aliphatic heterocycles. The standard InChI is InChI=1S/C12H25N3S/c1-5-8-12(6-2)13-11(16)15(14-12)9-7-10(3)4/h10,14H,5-9H2,1-4H3,(H,13,16)/t12-/m1/s1. The Morgan fingerprint density at radius 1 is 1.38 bits per heavy atom. The average molecular weight is 243 g/mol. The highest BCUT2D eigenvalue weighted by atomic mass is 32.1. The Morgan fingerprint density at radius 3 is 2.56 bits per heavy atom. The highest BCUT2D eigenvalue weighted by molar-refractivity contribution is 7.80. The van der Waals surface area contributed by atoms with E-state index in [9.17, 15) is 0 Å². The van der Waals surface area contributed by atoms with Crippen LogP contribution >= 0.6 is 12.2 Å². The van der Waals surface area contributed by atoms with E-state index in [0.29, 0.717) is 5.92 Å². The van der Waals surface area contributed by atoms with Gasteiger partial charge in [-0.25, -0.2) is 5.43 Å². The number of nitrogens with zero attached hydrogens (tertiary/aromatic N) is 1. The van der Waals surface area contributed by atoms with Crippen LogP contribution in [0, 0.1) is 5.92 Å². The smallest absolute Gasteiger partial charge is 0.185 e. The van der Waals surface area contributed by atoms with E-state index in [4.69, 9.17) is 12.2 Å². The first-order valence-corrected chi connectivity index (χ1v) is 6.81. The molecule has 0 aromatic heterocycles. The Hall–Kier alpha value is -0.350. The molecule has 0 aliphatic carbocycles. The zero-order chi connectivity index (χ0) is 12.2. The van der Waals surface area contributed by atoms with Gasteiger partial charge in [-0.05, 0) is 37.4 Å². The molecule has 0 amide bonds. The molecular weight excluding hydrogens is 218 g/mol. The Labute approximate surface area is 105 Å². The number of thiocarbonyl (C=S) groups is 1. The van der Waals surface area contributed by atoms with Gasteiger partial charge in [-0.3, -0.25) is 5.01 Å². The lowest BCUT2D eigenvalue weighted by atomic mass is 10.0. The lowest BCUT2D eigenvalue weighted by Gasteiger charge is -2.28. The third kappa shape index (κ3) is 3.32. The molecule has 1 atom stereocenters. The van der Waals surface area contributed by atoms with Crippen molar-refractivity contribution in [2.75, 3.05) is 6.54 Å². The summed E-state index contributed by atoms with van der Waals surface area (Å²) in [6.07, 6.45) is 4.50. The molecule has 1 fully saturated rings. The average Bonchev–Trinajstić information content (AvgIpc) is 2.54. The number of rotatable bonds is 6. The fourth-order valence-corrected chi connectivity index (χ4v) is 2.38. The summed E-state index contributed by atoms with van der Waals surface area (Å²) in [4.78, 5) is 0. The van der Waals surface area contributed by atoms with Crippen molar-refractivity contribution >= 4 is 17.3 Å². The van der Waals surface area contributed by atoms with E-state index in [1.807, 2.05) is 0 Å². The topological polar surface area (TPSA) is 27.3 Å². The summed E-state index contributed by atoms with van der Waals surface area (Å²) in [7, 11) is 0. The third-order valence-electron chi connectivity index (χ3n) is 3.15. The van der Waals surface area contributed by atoms with Gasteiger partial charge < -0.3 is 5.32 Å². The van der Waals surface area contributed by atoms with Gasteiger partial charge in [0, 0.05) is 6.54 Å². The van der Waals surface area contributed by atoms with Crippen molar-refractivity contribution in [1.29, 1.82) is 0 Å². The van der Waals surface area contributed by atoms with Crippen LogP contribution in [-0.4, -0.2) is 22.3 Å². The van der Waals surface area contributed by atoms with E-state index < -0.39 is 0 Å². The van der Waals surface area contributed by atoms with Crippen molar-refractivity contribution in [1.82, 2.24) is 15.8 Å². The molecule has 16 heavy (non-hydrogen) atoms. The summed E-state index contributed by atoms with van der Waals surface area (Å²) in [6.45, 7) is 9.89. The number of nitrogens with one attached hydrogen (secondary N) is 2. The van der Waals surface area contributed by atoms with Crippen LogP contribution < -0.4 is 10.7 Å². The lowest BCUT2D eigenvalue weighted by molar-refractivity contribution is 0.191. The number of hydrazine groups is 1. The molecule has 0 unspecified atom stereocenters. The molecule has 94 valence electrons. The maximum Gasteiger partial charge on any atom is 0.185 e. The Balaban J connectivity index is 2.54. The molecule has 2 N–H and O–H groups in total. The van der Waals surface area contributed by atoms with Crippen molar-refractivity contribution in [3.63, 3.8) is 0 Å². The monoisotopic (exact) mass is 243 g/mol. The maximum atomic E-state index is 5.37. The van der Waals surface area contributed by atoms with Gasteiger partial charge in [-0.2, -0.15) is 0 Å². The second-order valence-electron chi connectivity index (χ2n) is 5.06. The number of hydrogen-bond acceptors (Lipinski definition) is 2. The first-order valence-electron chi connectivity index (χ1n) is 6.40. The van der Waals surface area contributed by atoms with Gasteiger partial charge in [0.25, 0.3) is 0 Å². The molecule has 0 aromatic carbocycles. The van der Waals surface area contributed by atoms with Crippen molar-refractivity contribution < 1.29 is 0 Å². The van der Waals surface area contributed by atoms with Gasteiger partial charge in [0.15, 0.2) is 5.11 Å². The fraction of sp³-hybridized carbons (Fsp3) is 0.917. The van der Waals surface area contributed by atoms with Crippen LogP contribution in [0.1, 0.15) is 53.4 Å². The zero-order valence-electron chi connectivity index (χ0n) is 11.0. The van der Waals surface area contributed by atoms with Crippen LogP contribution in [0.4, 0.5) is 0 Å². The molecule has 3 nitrogen and oxygen atoms in total. The van der Waals surface area contributed by atoms with Gasteiger partial charge in [-0.1, -0.05) is 34.1 Å². The first kappa shape index (κ1) is 13.7. The summed E-state index contributed by atoms with van der Waals surface area (Å²) in [6, 6.07) is 0. The van der Waals surface area contributed by atoms with Gasteiger partial charge >= 0.3 is 0 Å². The van der Waals surface area contributed by atoms with E-state index in [-0.39, 0.29) is 5.66 Å². The van der Waals surface area contributed by atoms with Crippen LogP contribution in [0.15, 0.2) is 0 Å². The fourth-order valence-electron chi connectivity index (χ4n) is 2.04. The molecule has 0 saturated carbocycles. The highest BCUT2D eigenvalue weighted by Gasteiger charge is 2.37. The van der Waals surface area contributed by atoms with Crippen molar-refractivity contribution in [2.24, 2.45) is 5.92 Å². The predicted octanol–water partition coefficient (Wildman–Crippen LogP) is 2.63. The number of hydrogen-bond donors (Lipinski definition) is 2. The van der Waals surface area contributed by atoms with Crippen LogP contribution in [0.25, 0.3) is 0 Å². The van der Waals surface area contributed by atoms with E-state index in [0.717, 1.165) is 30.9 Å². The minimum atomic E-state index is 0.00279. The maximum absolute atomic E-state index is 5.37. The second kappa shape index (κ2) is 5.82.